The molecule has 0 bridgehead atoms. The number of aromatic nitrogens is 2. The average molecular weight is 238 g/mol. The van der Waals surface area contributed by atoms with E-state index in [1.54, 1.807) is 0 Å². The van der Waals surface area contributed by atoms with E-state index < -0.39 is 5.97 Å². The van der Waals surface area contributed by atoms with E-state index in [-0.39, 0.29) is 12.5 Å². The van der Waals surface area contributed by atoms with Crippen LogP contribution < -0.4 is 0 Å². The van der Waals surface area contributed by atoms with E-state index in [2.05, 4.69) is 5.10 Å². The van der Waals surface area contributed by atoms with Crippen molar-refractivity contribution in [1.29, 1.82) is 0 Å². The quantitative estimate of drug-likeness (QED) is 0.858. The summed E-state index contributed by atoms with van der Waals surface area (Å²) in [5.74, 6) is -0.812. The molecule has 5 nitrogen and oxygen atoms in total. The highest BCUT2D eigenvalue weighted by atomic mass is 16.5. The lowest BCUT2D eigenvalue weighted by Crippen LogP contribution is -2.17. The maximum absolute atomic E-state index is 10.8. The Kier molecular flexibility index (Phi) is 3.47. The SMILES string of the molecule is Cc1nn(CC2CCCO2)c(C)c1CC(=O)O. The highest BCUT2D eigenvalue weighted by molar-refractivity contribution is 5.70. The predicted molar refractivity (Wildman–Crippen MR) is 62.0 cm³/mol. The van der Waals surface area contributed by atoms with Crippen LogP contribution in [0.4, 0.5) is 0 Å². The summed E-state index contributed by atoms with van der Waals surface area (Å²) in [6, 6.07) is 0. The van der Waals surface area contributed by atoms with Gasteiger partial charge < -0.3 is 9.84 Å². The summed E-state index contributed by atoms with van der Waals surface area (Å²) in [7, 11) is 0. The van der Waals surface area contributed by atoms with Crippen molar-refractivity contribution in [2.24, 2.45) is 0 Å². The molecule has 17 heavy (non-hydrogen) atoms. The Morgan fingerprint density at radius 1 is 1.59 bits per heavy atom. The number of carboxylic acid groups (broad SMARTS) is 1. The smallest absolute Gasteiger partial charge is 0.307 e. The van der Waals surface area contributed by atoms with Gasteiger partial charge in [0.2, 0.25) is 0 Å². The van der Waals surface area contributed by atoms with Crippen molar-refractivity contribution in [3.8, 4) is 0 Å². The molecule has 1 fully saturated rings. The van der Waals surface area contributed by atoms with E-state index in [4.69, 9.17) is 9.84 Å². The Labute approximate surface area is 100 Å². The second kappa shape index (κ2) is 4.87. The standard InChI is InChI=1S/C12H18N2O3/c1-8-11(6-12(15)16)9(2)14(13-8)7-10-4-3-5-17-10/h10H,3-7H2,1-2H3,(H,15,16). The van der Waals surface area contributed by atoms with Gasteiger partial charge in [-0.25, -0.2) is 0 Å². The van der Waals surface area contributed by atoms with Crippen LogP contribution in [0.1, 0.15) is 29.8 Å². The van der Waals surface area contributed by atoms with Gasteiger partial charge in [-0.2, -0.15) is 5.10 Å². The highest BCUT2D eigenvalue weighted by Crippen LogP contribution is 2.18. The first kappa shape index (κ1) is 12.1. The Bertz CT molecular complexity index is 420. The molecule has 0 radical (unpaired) electrons. The van der Waals surface area contributed by atoms with Crippen molar-refractivity contribution in [1.82, 2.24) is 9.78 Å². The molecule has 5 heteroatoms. The maximum Gasteiger partial charge on any atom is 0.307 e. The number of ether oxygens (including phenoxy) is 1. The van der Waals surface area contributed by atoms with Crippen LogP contribution in [0.5, 0.6) is 0 Å². The van der Waals surface area contributed by atoms with Crippen LogP contribution in [-0.2, 0) is 22.5 Å². The minimum absolute atomic E-state index is 0.0448. The molecule has 1 aliphatic heterocycles. The Hall–Kier alpha value is -1.36. The molecule has 1 aliphatic rings. The molecule has 94 valence electrons. The minimum atomic E-state index is -0.812. The van der Waals surface area contributed by atoms with Gasteiger partial charge in [-0.1, -0.05) is 0 Å². The summed E-state index contributed by atoms with van der Waals surface area (Å²) in [6.45, 7) is 5.34. The van der Waals surface area contributed by atoms with Crippen molar-refractivity contribution in [2.45, 2.75) is 45.8 Å². The zero-order chi connectivity index (χ0) is 12.4. The van der Waals surface area contributed by atoms with E-state index >= 15 is 0 Å². The lowest BCUT2D eigenvalue weighted by molar-refractivity contribution is -0.136. The number of aliphatic carboxylic acids is 1. The molecule has 2 heterocycles. The molecule has 2 rings (SSSR count). The summed E-state index contributed by atoms with van der Waals surface area (Å²) in [5, 5.41) is 13.2. The van der Waals surface area contributed by atoms with E-state index in [0.717, 1.165) is 42.9 Å². The molecular formula is C12H18N2O3. The average Bonchev–Trinajstić information content (AvgIpc) is 2.83. The number of aryl methyl sites for hydroxylation is 1. The topological polar surface area (TPSA) is 64.4 Å². The van der Waals surface area contributed by atoms with Crippen LogP contribution in [0.25, 0.3) is 0 Å². The monoisotopic (exact) mass is 238 g/mol. The van der Waals surface area contributed by atoms with Crippen molar-refractivity contribution >= 4 is 5.97 Å². The van der Waals surface area contributed by atoms with Gasteiger partial charge in [-0.15, -0.1) is 0 Å². The van der Waals surface area contributed by atoms with E-state index in [1.807, 2.05) is 18.5 Å². The first-order chi connectivity index (χ1) is 8.08. The Balaban J connectivity index is 2.14. The van der Waals surface area contributed by atoms with Crippen molar-refractivity contribution < 1.29 is 14.6 Å². The summed E-state index contributed by atoms with van der Waals surface area (Å²) in [5.41, 5.74) is 2.58. The maximum atomic E-state index is 10.8. The van der Waals surface area contributed by atoms with Crippen molar-refractivity contribution in [3.05, 3.63) is 17.0 Å². The van der Waals surface area contributed by atoms with Gasteiger partial charge in [0.1, 0.15) is 0 Å². The molecule has 1 aromatic heterocycles. The lowest BCUT2D eigenvalue weighted by Gasteiger charge is -2.11. The number of hydrogen-bond acceptors (Lipinski definition) is 3. The fourth-order valence-corrected chi connectivity index (χ4v) is 2.30. The number of rotatable bonds is 4. The van der Waals surface area contributed by atoms with Gasteiger partial charge in [-0.3, -0.25) is 9.48 Å². The second-order valence-corrected chi connectivity index (χ2v) is 4.54. The molecule has 0 saturated carbocycles. The van der Waals surface area contributed by atoms with Crippen LogP contribution in [0.2, 0.25) is 0 Å². The molecule has 0 aliphatic carbocycles. The lowest BCUT2D eigenvalue weighted by atomic mass is 10.1. The molecule has 1 unspecified atom stereocenters. The van der Waals surface area contributed by atoms with Gasteiger partial charge in [0.05, 0.1) is 24.8 Å². The number of carboxylic acids is 1. The molecule has 1 saturated heterocycles. The third-order valence-electron chi connectivity index (χ3n) is 3.26. The first-order valence-electron chi connectivity index (χ1n) is 5.94. The highest BCUT2D eigenvalue weighted by Gasteiger charge is 2.20. The van der Waals surface area contributed by atoms with Gasteiger partial charge >= 0.3 is 5.97 Å². The fraction of sp³-hybridized carbons (Fsp3) is 0.667. The third-order valence-corrected chi connectivity index (χ3v) is 3.26. The number of hydrogen-bond donors (Lipinski definition) is 1. The van der Waals surface area contributed by atoms with Gasteiger partial charge in [-0.05, 0) is 26.7 Å². The second-order valence-electron chi connectivity index (χ2n) is 4.54. The normalized spacial score (nSPS) is 19.8. The molecule has 1 atom stereocenters. The summed E-state index contributed by atoms with van der Waals surface area (Å²) in [6.07, 6.45) is 2.44. The fourth-order valence-electron chi connectivity index (χ4n) is 2.30. The molecule has 0 spiro atoms. The van der Waals surface area contributed by atoms with Gasteiger partial charge in [0.25, 0.3) is 0 Å². The Morgan fingerprint density at radius 3 is 2.94 bits per heavy atom. The Morgan fingerprint density at radius 2 is 2.35 bits per heavy atom. The molecule has 1 N–H and O–H groups in total. The first-order valence-corrected chi connectivity index (χ1v) is 5.94. The van der Waals surface area contributed by atoms with Gasteiger partial charge in [0.15, 0.2) is 0 Å². The van der Waals surface area contributed by atoms with E-state index in [0.29, 0.717) is 0 Å². The zero-order valence-electron chi connectivity index (χ0n) is 10.3. The van der Waals surface area contributed by atoms with Crippen LogP contribution in [-0.4, -0.2) is 33.6 Å². The molecule has 0 amide bonds. The largest absolute Gasteiger partial charge is 0.481 e. The third kappa shape index (κ3) is 2.66. The van der Waals surface area contributed by atoms with Crippen LogP contribution in [0, 0.1) is 13.8 Å². The van der Waals surface area contributed by atoms with Gasteiger partial charge in [0, 0.05) is 17.9 Å². The predicted octanol–water partition coefficient (Wildman–Crippen LogP) is 1.31. The van der Waals surface area contributed by atoms with Crippen LogP contribution >= 0.6 is 0 Å². The summed E-state index contributed by atoms with van der Waals surface area (Å²) in [4.78, 5) is 10.8. The molecular weight excluding hydrogens is 220 g/mol. The minimum Gasteiger partial charge on any atom is -0.481 e. The number of carbonyl (C=O) groups is 1. The van der Waals surface area contributed by atoms with Crippen molar-refractivity contribution in [3.63, 3.8) is 0 Å². The van der Waals surface area contributed by atoms with Crippen LogP contribution in [0.3, 0.4) is 0 Å². The summed E-state index contributed by atoms with van der Waals surface area (Å²) >= 11 is 0. The van der Waals surface area contributed by atoms with Crippen LogP contribution in [0.15, 0.2) is 0 Å². The molecule has 1 aromatic rings. The van der Waals surface area contributed by atoms with E-state index in [1.165, 1.54) is 0 Å². The van der Waals surface area contributed by atoms with E-state index in [9.17, 15) is 4.79 Å². The molecule has 0 aromatic carbocycles. The summed E-state index contributed by atoms with van der Waals surface area (Å²) < 4.78 is 7.44. The van der Waals surface area contributed by atoms with Crippen molar-refractivity contribution in [2.75, 3.05) is 6.61 Å². The number of nitrogens with zero attached hydrogens (tertiary/aromatic N) is 2. The zero-order valence-corrected chi connectivity index (χ0v) is 10.3.